The Morgan fingerprint density at radius 3 is 2.96 bits per heavy atom. The average molecular weight is 341 g/mol. The molecule has 6 heteroatoms. The van der Waals surface area contributed by atoms with Crippen LogP contribution in [0.2, 0.25) is 0 Å². The topological polar surface area (TPSA) is 51.1 Å². The van der Waals surface area contributed by atoms with Crippen LogP contribution in [0.5, 0.6) is 0 Å². The number of carbonyl (C=O) groups excluding carboxylic acids is 1. The number of benzene rings is 1. The molecule has 1 rings (SSSR count). The monoisotopic (exact) mass is 340 g/mol. The van der Waals surface area contributed by atoms with Crippen LogP contribution in [-0.4, -0.2) is 32.5 Å². The fourth-order valence-electron chi connectivity index (χ4n) is 2.01. The predicted molar refractivity (Wildman–Crippen MR) is 93.9 cm³/mol. The third kappa shape index (κ3) is 8.00. The number of rotatable bonds is 10. The van der Waals surface area contributed by atoms with Crippen LogP contribution in [0.3, 0.4) is 0 Å². The molecule has 0 spiro atoms. The van der Waals surface area contributed by atoms with Crippen LogP contribution in [0.4, 0.5) is 5.69 Å². The van der Waals surface area contributed by atoms with Crippen molar-refractivity contribution >= 4 is 29.6 Å². The normalized spacial score (nSPS) is 12.3. The standard InChI is InChI=1S/C17H25ClN2O3/c1-4-5-9-23-13-14(2)10-15-7-6-8-16(11-15)20(18)19-12-17(21)22-3/h6-8,11-12,14H,4-5,9-10,13H2,1-3H3/b19-12+. The molecule has 0 aliphatic carbocycles. The number of hydrazone groups is 1. The average Bonchev–Trinajstić information content (AvgIpc) is 2.56. The first-order chi connectivity index (χ1) is 11.1. The van der Waals surface area contributed by atoms with Gasteiger partial charge in [0.25, 0.3) is 0 Å². The van der Waals surface area contributed by atoms with Crippen molar-refractivity contribution in [1.82, 2.24) is 0 Å². The summed E-state index contributed by atoms with van der Waals surface area (Å²) in [6, 6.07) is 7.73. The van der Waals surface area contributed by atoms with Crippen molar-refractivity contribution in [3.8, 4) is 0 Å². The number of hydrogen-bond acceptors (Lipinski definition) is 5. The first-order valence-corrected chi connectivity index (χ1v) is 8.15. The van der Waals surface area contributed by atoms with Gasteiger partial charge in [0.1, 0.15) is 6.21 Å². The maximum atomic E-state index is 11.0. The van der Waals surface area contributed by atoms with Gasteiger partial charge >= 0.3 is 5.97 Å². The summed E-state index contributed by atoms with van der Waals surface area (Å²) in [4.78, 5) is 11.0. The number of esters is 1. The van der Waals surface area contributed by atoms with Crippen LogP contribution >= 0.6 is 11.8 Å². The molecule has 0 heterocycles. The molecule has 1 unspecified atom stereocenters. The van der Waals surface area contributed by atoms with Gasteiger partial charge in [-0.25, -0.2) is 4.79 Å². The van der Waals surface area contributed by atoms with Crippen LogP contribution in [-0.2, 0) is 20.7 Å². The Labute approximate surface area is 143 Å². The van der Waals surface area contributed by atoms with E-state index in [0.29, 0.717) is 11.6 Å². The number of halogens is 1. The molecule has 0 amide bonds. The van der Waals surface area contributed by atoms with E-state index in [1.807, 2.05) is 24.3 Å². The summed E-state index contributed by atoms with van der Waals surface area (Å²) in [6.07, 6.45) is 4.17. The maximum Gasteiger partial charge on any atom is 0.351 e. The van der Waals surface area contributed by atoms with Gasteiger partial charge in [-0.15, -0.1) is 0 Å². The summed E-state index contributed by atoms with van der Waals surface area (Å²) in [7, 11) is 1.29. The lowest BCUT2D eigenvalue weighted by Gasteiger charge is -2.14. The van der Waals surface area contributed by atoms with Crippen molar-refractivity contribution in [2.75, 3.05) is 24.9 Å². The molecule has 0 aliphatic rings. The van der Waals surface area contributed by atoms with Crippen molar-refractivity contribution in [3.05, 3.63) is 29.8 Å². The Morgan fingerprint density at radius 1 is 1.48 bits per heavy atom. The van der Waals surface area contributed by atoms with Crippen LogP contribution in [0.1, 0.15) is 32.3 Å². The Morgan fingerprint density at radius 2 is 2.26 bits per heavy atom. The van der Waals surface area contributed by atoms with E-state index in [0.717, 1.165) is 48.8 Å². The molecule has 0 fully saturated rings. The Bertz CT molecular complexity index is 508. The first kappa shape index (κ1) is 19.5. The van der Waals surface area contributed by atoms with Gasteiger partial charge in [-0.05, 0) is 36.5 Å². The highest BCUT2D eigenvalue weighted by Gasteiger charge is 2.07. The largest absolute Gasteiger partial charge is 0.465 e. The summed E-state index contributed by atoms with van der Waals surface area (Å²) in [5.74, 6) is -0.130. The van der Waals surface area contributed by atoms with Crippen molar-refractivity contribution in [3.63, 3.8) is 0 Å². The van der Waals surface area contributed by atoms with Gasteiger partial charge in [-0.2, -0.15) is 9.63 Å². The SMILES string of the molecule is CCCCOCC(C)Cc1cccc(N(Cl)/N=C/C(=O)OC)c1. The van der Waals surface area contributed by atoms with Gasteiger partial charge in [0, 0.05) is 25.0 Å². The fraction of sp³-hybridized carbons (Fsp3) is 0.529. The number of nitrogens with zero attached hydrogens (tertiary/aromatic N) is 2. The Kier molecular flexibility index (Phi) is 9.33. The van der Waals surface area contributed by atoms with E-state index < -0.39 is 5.97 Å². The van der Waals surface area contributed by atoms with Gasteiger partial charge in [-0.1, -0.05) is 32.4 Å². The lowest BCUT2D eigenvalue weighted by Crippen LogP contribution is -2.10. The minimum absolute atomic E-state index is 0.421. The number of ether oxygens (including phenoxy) is 2. The molecule has 0 saturated carbocycles. The molecule has 128 valence electrons. The van der Waals surface area contributed by atoms with Crippen LogP contribution < -0.4 is 4.53 Å². The first-order valence-electron chi connectivity index (χ1n) is 7.81. The van der Waals surface area contributed by atoms with E-state index in [2.05, 4.69) is 23.7 Å². The number of anilines is 1. The van der Waals surface area contributed by atoms with Crippen LogP contribution in [0, 0.1) is 5.92 Å². The maximum absolute atomic E-state index is 11.0. The molecule has 0 aromatic heterocycles. The lowest BCUT2D eigenvalue weighted by atomic mass is 10.0. The van der Waals surface area contributed by atoms with Gasteiger partial charge in [0.2, 0.25) is 0 Å². The minimum atomic E-state index is -0.551. The summed E-state index contributed by atoms with van der Waals surface area (Å²) < 4.78 is 11.3. The fourth-order valence-corrected chi connectivity index (χ4v) is 2.16. The molecule has 5 nitrogen and oxygen atoms in total. The summed E-state index contributed by atoms with van der Waals surface area (Å²) in [5.41, 5.74) is 1.84. The van der Waals surface area contributed by atoms with E-state index in [1.165, 1.54) is 7.11 Å². The van der Waals surface area contributed by atoms with Crippen LogP contribution in [0.15, 0.2) is 29.4 Å². The molecular weight excluding hydrogens is 316 g/mol. The second-order valence-electron chi connectivity index (χ2n) is 5.44. The van der Waals surface area contributed by atoms with Crippen molar-refractivity contribution in [2.45, 2.75) is 33.1 Å². The number of carbonyl (C=O) groups is 1. The molecule has 23 heavy (non-hydrogen) atoms. The zero-order valence-electron chi connectivity index (χ0n) is 14.0. The van der Waals surface area contributed by atoms with Crippen LogP contribution in [0.25, 0.3) is 0 Å². The molecule has 1 aromatic carbocycles. The highest BCUT2D eigenvalue weighted by molar-refractivity contribution is 6.28. The van der Waals surface area contributed by atoms with E-state index >= 15 is 0 Å². The van der Waals surface area contributed by atoms with Gasteiger partial charge in [-0.3, -0.25) is 0 Å². The predicted octanol–water partition coefficient (Wildman–Crippen LogP) is 3.80. The lowest BCUT2D eigenvalue weighted by molar-refractivity contribution is -0.132. The van der Waals surface area contributed by atoms with Crippen molar-refractivity contribution in [1.29, 1.82) is 0 Å². The van der Waals surface area contributed by atoms with E-state index in [9.17, 15) is 4.79 Å². The van der Waals surface area contributed by atoms with Crippen molar-refractivity contribution in [2.24, 2.45) is 11.0 Å². The quantitative estimate of drug-likeness (QED) is 0.214. The molecule has 1 aromatic rings. The Hall–Kier alpha value is -1.59. The second kappa shape index (κ2) is 11.0. The van der Waals surface area contributed by atoms with E-state index in [4.69, 9.17) is 16.5 Å². The molecule has 0 saturated heterocycles. The molecular formula is C17H25ClN2O3. The van der Waals surface area contributed by atoms with Gasteiger partial charge in [0.05, 0.1) is 12.8 Å². The van der Waals surface area contributed by atoms with E-state index in [1.54, 1.807) is 0 Å². The zero-order chi connectivity index (χ0) is 17.1. The molecule has 0 bridgehead atoms. The molecule has 0 aliphatic heterocycles. The highest BCUT2D eigenvalue weighted by Crippen LogP contribution is 2.20. The third-order valence-corrected chi connectivity index (χ3v) is 3.50. The molecule has 0 N–H and O–H groups in total. The summed E-state index contributed by atoms with van der Waals surface area (Å²) in [5, 5.41) is 3.83. The van der Waals surface area contributed by atoms with Gasteiger partial charge in [0.15, 0.2) is 0 Å². The Balaban J connectivity index is 2.55. The number of unbranched alkanes of at least 4 members (excludes halogenated alkanes) is 1. The number of hydrogen-bond donors (Lipinski definition) is 0. The highest BCUT2D eigenvalue weighted by atomic mass is 35.5. The molecule has 0 radical (unpaired) electrons. The summed E-state index contributed by atoms with van der Waals surface area (Å²) in [6.45, 7) is 5.87. The smallest absolute Gasteiger partial charge is 0.351 e. The van der Waals surface area contributed by atoms with Gasteiger partial charge < -0.3 is 9.47 Å². The molecule has 1 atom stereocenters. The third-order valence-electron chi connectivity index (χ3n) is 3.22. The minimum Gasteiger partial charge on any atom is -0.465 e. The zero-order valence-corrected chi connectivity index (χ0v) is 14.8. The summed E-state index contributed by atoms with van der Waals surface area (Å²) >= 11 is 6.04. The number of methoxy groups -OCH3 is 1. The second-order valence-corrected chi connectivity index (χ2v) is 5.76. The van der Waals surface area contributed by atoms with Crippen molar-refractivity contribution < 1.29 is 14.3 Å². The van der Waals surface area contributed by atoms with E-state index in [-0.39, 0.29) is 0 Å².